The summed E-state index contributed by atoms with van der Waals surface area (Å²) in [4.78, 5) is 4.76. The highest BCUT2D eigenvalue weighted by molar-refractivity contribution is 5.79. The number of fused-ring (bicyclic) bond motifs is 1. The molecule has 0 aliphatic carbocycles. The number of furan rings is 1. The fourth-order valence-electron chi connectivity index (χ4n) is 2.88. The molecule has 2 heterocycles. The molecular formula is C21H18N2O. The smallest absolute Gasteiger partial charge is 0.133 e. The molecule has 0 bridgehead atoms. The van der Waals surface area contributed by atoms with Crippen LogP contribution in [0.5, 0.6) is 0 Å². The largest absolute Gasteiger partial charge is 0.465 e. The van der Waals surface area contributed by atoms with E-state index in [0.717, 1.165) is 35.6 Å². The van der Waals surface area contributed by atoms with Crippen LogP contribution in [0.2, 0.25) is 0 Å². The SMILES string of the molecule is C(=Cc1nc2ccccc2n1CCc1ccccc1)c1ccco1. The van der Waals surface area contributed by atoms with Crippen molar-refractivity contribution in [3.05, 3.63) is 90.1 Å². The Hall–Kier alpha value is -3.07. The van der Waals surface area contributed by atoms with E-state index in [4.69, 9.17) is 9.40 Å². The number of imidazole rings is 1. The summed E-state index contributed by atoms with van der Waals surface area (Å²) in [5.41, 5.74) is 3.51. The first-order chi connectivity index (χ1) is 11.9. The Labute approximate surface area is 140 Å². The van der Waals surface area contributed by atoms with Crippen LogP contribution in [0.4, 0.5) is 0 Å². The third-order valence-corrected chi connectivity index (χ3v) is 4.09. The third kappa shape index (κ3) is 3.01. The molecule has 0 N–H and O–H groups in total. The number of aromatic nitrogens is 2. The Kier molecular flexibility index (Phi) is 3.98. The minimum absolute atomic E-state index is 0.830. The summed E-state index contributed by atoms with van der Waals surface area (Å²) >= 11 is 0. The summed E-state index contributed by atoms with van der Waals surface area (Å²) in [6, 6.07) is 22.6. The highest BCUT2D eigenvalue weighted by Crippen LogP contribution is 2.19. The first-order valence-electron chi connectivity index (χ1n) is 8.11. The second-order valence-electron chi connectivity index (χ2n) is 5.69. The fourth-order valence-corrected chi connectivity index (χ4v) is 2.88. The van der Waals surface area contributed by atoms with Crippen molar-refractivity contribution in [2.24, 2.45) is 0 Å². The number of aryl methyl sites for hydroxylation is 2. The van der Waals surface area contributed by atoms with Gasteiger partial charge < -0.3 is 8.98 Å². The summed E-state index contributed by atoms with van der Waals surface area (Å²) in [5, 5.41) is 0. The maximum atomic E-state index is 5.37. The van der Waals surface area contributed by atoms with Crippen LogP contribution in [0, 0.1) is 0 Å². The van der Waals surface area contributed by atoms with Crippen molar-refractivity contribution in [2.45, 2.75) is 13.0 Å². The van der Waals surface area contributed by atoms with Gasteiger partial charge >= 0.3 is 0 Å². The molecular weight excluding hydrogens is 296 g/mol. The normalized spacial score (nSPS) is 11.5. The second-order valence-corrected chi connectivity index (χ2v) is 5.69. The molecule has 0 saturated heterocycles. The molecule has 0 atom stereocenters. The van der Waals surface area contributed by atoms with Gasteiger partial charge in [0.25, 0.3) is 0 Å². The number of nitrogens with zero attached hydrogens (tertiary/aromatic N) is 2. The molecule has 0 saturated carbocycles. The topological polar surface area (TPSA) is 31.0 Å². The van der Waals surface area contributed by atoms with Crippen molar-refractivity contribution in [3.8, 4) is 0 Å². The van der Waals surface area contributed by atoms with Gasteiger partial charge in [0.2, 0.25) is 0 Å². The summed E-state index contributed by atoms with van der Waals surface area (Å²) in [7, 11) is 0. The van der Waals surface area contributed by atoms with Crippen LogP contribution in [0.1, 0.15) is 17.1 Å². The first-order valence-corrected chi connectivity index (χ1v) is 8.11. The van der Waals surface area contributed by atoms with E-state index in [9.17, 15) is 0 Å². The standard InChI is InChI=1S/C21H18N2O/c1-2-7-17(8-3-1)14-15-23-20-11-5-4-10-19(20)22-21(23)13-12-18-9-6-16-24-18/h1-13,16H,14-15H2. The quantitative estimate of drug-likeness (QED) is 0.516. The lowest BCUT2D eigenvalue weighted by atomic mass is 10.1. The van der Waals surface area contributed by atoms with Gasteiger partial charge in [0.1, 0.15) is 11.6 Å². The molecule has 3 nitrogen and oxygen atoms in total. The molecule has 2 aromatic carbocycles. The molecule has 2 aromatic heterocycles. The predicted molar refractivity (Wildman–Crippen MR) is 97.5 cm³/mol. The Morgan fingerprint density at radius 3 is 2.54 bits per heavy atom. The highest BCUT2D eigenvalue weighted by atomic mass is 16.3. The van der Waals surface area contributed by atoms with Gasteiger partial charge in [-0.2, -0.15) is 0 Å². The summed E-state index contributed by atoms with van der Waals surface area (Å²) in [6.45, 7) is 0.891. The maximum Gasteiger partial charge on any atom is 0.133 e. The van der Waals surface area contributed by atoms with E-state index in [-0.39, 0.29) is 0 Å². The van der Waals surface area contributed by atoms with E-state index < -0.39 is 0 Å². The number of rotatable bonds is 5. The van der Waals surface area contributed by atoms with Gasteiger partial charge in [-0.25, -0.2) is 4.98 Å². The van der Waals surface area contributed by atoms with Gasteiger partial charge in [-0.1, -0.05) is 42.5 Å². The van der Waals surface area contributed by atoms with E-state index in [1.54, 1.807) is 6.26 Å². The van der Waals surface area contributed by atoms with Crippen molar-refractivity contribution in [3.63, 3.8) is 0 Å². The molecule has 24 heavy (non-hydrogen) atoms. The highest BCUT2D eigenvalue weighted by Gasteiger charge is 2.08. The van der Waals surface area contributed by atoms with Gasteiger partial charge in [0.05, 0.1) is 17.3 Å². The Morgan fingerprint density at radius 1 is 0.875 bits per heavy atom. The van der Waals surface area contributed by atoms with Gasteiger partial charge in [-0.15, -0.1) is 0 Å². The zero-order valence-corrected chi connectivity index (χ0v) is 13.3. The predicted octanol–water partition coefficient (Wildman–Crippen LogP) is 5.04. The zero-order valence-electron chi connectivity index (χ0n) is 13.3. The van der Waals surface area contributed by atoms with Crippen LogP contribution in [0.3, 0.4) is 0 Å². The summed E-state index contributed by atoms with van der Waals surface area (Å²) < 4.78 is 7.64. The minimum atomic E-state index is 0.830. The van der Waals surface area contributed by atoms with E-state index in [1.807, 2.05) is 36.4 Å². The number of hydrogen-bond acceptors (Lipinski definition) is 2. The number of hydrogen-bond donors (Lipinski definition) is 0. The molecule has 0 unspecified atom stereocenters. The van der Waals surface area contributed by atoms with Crippen LogP contribution in [0.15, 0.2) is 77.4 Å². The molecule has 118 valence electrons. The third-order valence-electron chi connectivity index (χ3n) is 4.09. The lowest BCUT2D eigenvalue weighted by Gasteiger charge is -2.07. The van der Waals surface area contributed by atoms with Crippen LogP contribution in [-0.4, -0.2) is 9.55 Å². The monoisotopic (exact) mass is 314 g/mol. The number of benzene rings is 2. The lowest BCUT2D eigenvalue weighted by Crippen LogP contribution is -2.03. The molecule has 0 amide bonds. The maximum absolute atomic E-state index is 5.37. The summed E-state index contributed by atoms with van der Waals surface area (Å²) in [5.74, 6) is 1.78. The second kappa shape index (κ2) is 6.59. The minimum Gasteiger partial charge on any atom is -0.465 e. The lowest BCUT2D eigenvalue weighted by molar-refractivity contribution is 0.557. The van der Waals surface area contributed by atoms with Gasteiger partial charge in [0.15, 0.2) is 0 Å². The van der Waals surface area contributed by atoms with E-state index in [1.165, 1.54) is 5.56 Å². The summed E-state index contributed by atoms with van der Waals surface area (Å²) in [6.07, 6.45) is 6.63. The van der Waals surface area contributed by atoms with Crippen LogP contribution in [-0.2, 0) is 13.0 Å². The van der Waals surface area contributed by atoms with Crippen molar-refractivity contribution in [1.82, 2.24) is 9.55 Å². The van der Waals surface area contributed by atoms with Crippen molar-refractivity contribution in [2.75, 3.05) is 0 Å². The van der Waals surface area contributed by atoms with Crippen LogP contribution >= 0.6 is 0 Å². The van der Waals surface area contributed by atoms with Crippen LogP contribution in [0.25, 0.3) is 23.2 Å². The average molecular weight is 314 g/mol. The zero-order chi connectivity index (χ0) is 16.2. The molecule has 3 heteroatoms. The van der Waals surface area contributed by atoms with E-state index >= 15 is 0 Å². The van der Waals surface area contributed by atoms with Gasteiger partial charge in [-0.05, 0) is 48.4 Å². The molecule has 0 spiro atoms. The Balaban J connectivity index is 1.67. The molecule has 4 aromatic rings. The first kappa shape index (κ1) is 14.5. The van der Waals surface area contributed by atoms with E-state index in [0.29, 0.717) is 0 Å². The molecule has 0 aliphatic heterocycles. The van der Waals surface area contributed by atoms with Crippen molar-refractivity contribution < 1.29 is 4.42 Å². The molecule has 0 fully saturated rings. The van der Waals surface area contributed by atoms with Gasteiger partial charge in [0, 0.05) is 6.54 Å². The Bertz CT molecular complexity index is 950. The van der Waals surface area contributed by atoms with Crippen molar-refractivity contribution >= 4 is 23.2 Å². The van der Waals surface area contributed by atoms with Crippen molar-refractivity contribution in [1.29, 1.82) is 0 Å². The van der Waals surface area contributed by atoms with Gasteiger partial charge in [-0.3, -0.25) is 0 Å². The fraction of sp³-hybridized carbons (Fsp3) is 0.0952. The molecule has 4 rings (SSSR count). The average Bonchev–Trinajstić information content (AvgIpc) is 3.26. The van der Waals surface area contributed by atoms with E-state index in [2.05, 4.69) is 47.0 Å². The molecule has 0 radical (unpaired) electrons. The Morgan fingerprint density at radius 2 is 1.71 bits per heavy atom. The van der Waals surface area contributed by atoms with Crippen LogP contribution < -0.4 is 0 Å². The molecule has 0 aliphatic rings. The number of para-hydroxylation sites is 2.